The van der Waals surface area contributed by atoms with Crippen LogP contribution in [0.5, 0.6) is 5.75 Å². The van der Waals surface area contributed by atoms with Gasteiger partial charge >= 0.3 is 0 Å². The van der Waals surface area contributed by atoms with Crippen molar-refractivity contribution in [2.24, 2.45) is 0 Å². The molecule has 11 nitrogen and oxygen atoms in total. The minimum atomic E-state index is -3.80. The van der Waals surface area contributed by atoms with Crippen LogP contribution in [0.1, 0.15) is 44.6 Å². The Bertz CT molecular complexity index is 1450. The molecule has 1 aromatic carbocycles. The van der Waals surface area contributed by atoms with Crippen LogP contribution in [0.3, 0.4) is 0 Å². The highest BCUT2D eigenvalue weighted by atomic mass is 32.2. The molecule has 3 aromatic rings. The maximum Gasteiger partial charge on any atom is 0.277 e. The van der Waals surface area contributed by atoms with Crippen LogP contribution in [-0.4, -0.2) is 87.2 Å². The lowest BCUT2D eigenvalue weighted by Crippen LogP contribution is -2.55. The predicted molar refractivity (Wildman–Crippen MR) is 138 cm³/mol. The molecular weight excluding hydrogens is 496 g/mol. The number of ether oxygens (including phenoxy) is 1. The van der Waals surface area contributed by atoms with Crippen molar-refractivity contribution < 1.29 is 18.3 Å². The van der Waals surface area contributed by atoms with Crippen molar-refractivity contribution >= 4 is 15.5 Å². The number of benzene rings is 1. The van der Waals surface area contributed by atoms with Crippen LogP contribution in [0.15, 0.2) is 27.9 Å². The summed E-state index contributed by atoms with van der Waals surface area (Å²) in [6.45, 7) is 7.41. The summed E-state index contributed by atoms with van der Waals surface area (Å²) in [5.41, 5.74) is 1.03. The second kappa shape index (κ2) is 10.2. The molecule has 0 aliphatic carbocycles. The zero-order valence-corrected chi connectivity index (χ0v) is 22.3. The molecule has 2 aromatic heterocycles. The molecule has 2 aliphatic heterocycles. The Morgan fingerprint density at radius 1 is 1.19 bits per heavy atom. The van der Waals surface area contributed by atoms with Gasteiger partial charge in [0, 0.05) is 38.1 Å². The maximum atomic E-state index is 13.8. The summed E-state index contributed by atoms with van der Waals surface area (Å²) in [6.07, 6.45) is 3.33. The first-order valence-corrected chi connectivity index (χ1v) is 14.3. The largest absolute Gasteiger partial charge is 0.493 e. The van der Waals surface area contributed by atoms with E-state index in [0.29, 0.717) is 61.0 Å². The summed E-state index contributed by atoms with van der Waals surface area (Å²) < 4.78 is 36.4. The Morgan fingerprint density at radius 3 is 2.57 bits per heavy atom. The second-order valence-electron chi connectivity index (χ2n) is 9.69. The lowest BCUT2D eigenvalue weighted by atomic mass is 10.2. The van der Waals surface area contributed by atoms with Gasteiger partial charge in [0.25, 0.3) is 5.56 Å². The van der Waals surface area contributed by atoms with E-state index < -0.39 is 10.0 Å². The molecular formula is C25H34N6O5S. The van der Waals surface area contributed by atoms with Crippen molar-refractivity contribution in [3.63, 3.8) is 0 Å². The number of aliphatic hydroxyl groups is 1. The normalized spacial score (nSPS) is 20.6. The number of imidazole rings is 1. The van der Waals surface area contributed by atoms with E-state index in [1.54, 1.807) is 27.9 Å². The van der Waals surface area contributed by atoms with E-state index in [1.165, 1.54) is 6.07 Å². The highest BCUT2D eigenvalue weighted by Crippen LogP contribution is 2.35. The summed E-state index contributed by atoms with van der Waals surface area (Å²) in [5.74, 6) is 1.34. The smallest absolute Gasteiger partial charge is 0.277 e. The molecule has 2 fully saturated rings. The van der Waals surface area contributed by atoms with E-state index in [2.05, 4.69) is 20.0 Å². The van der Waals surface area contributed by atoms with Gasteiger partial charge < -0.3 is 14.8 Å². The fourth-order valence-electron chi connectivity index (χ4n) is 5.66. The first kappa shape index (κ1) is 25.8. The van der Waals surface area contributed by atoms with E-state index in [1.807, 2.05) is 13.8 Å². The number of aromatic nitrogens is 4. The Balaban J connectivity index is 1.56. The van der Waals surface area contributed by atoms with Crippen molar-refractivity contribution in [1.29, 1.82) is 0 Å². The number of aliphatic hydroxyl groups excluding tert-OH is 1. The maximum absolute atomic E-state index is 13.8. The fourth-order valence-corrected chi connectivity index (χ4v) is 7.20. The monoisotopic (exact) mass is 530 g/mol. The quantitative estimate of drug-likeness (QED) is 0.426. The van der Waals surface area contributed by atoms with Gasteiger partial charge in [-0.3, -0.25) is 9.69 Å². The van der Waals surface area contributed by atoms with E-state index in [0.717, 1.165) is 19.3 Å². The standard InChI is InChI=1S/C25H34N6O5S/c1-4-6-22-26-16(3)23-25(33)27-24(28-31(22)23)20-13-19(9-10-21(20)36-5-2)37(34,35)29-14-17-7-8-18(15-29)30(17)11-12-32/h9-10,13,17-18,32H,4-8,11-12,14-15H2,1-3H3,(H,27,28,33). The van der Waals surface area contributed by atoms with Gasteiger partial charge in [0.2, 0.25) is 10.0 Å². The number of hydrogen-bond donors (Lipinski definition) is 2. The van der Waals surface area contributed by atoms with Gasteiger partial charge in [0.15, 0.2) is 11.3 Å². The van der Waals surface area contributed by atoms with Crippen molar-refractivity contribution in [1.82, 2.24) is 28.8 Å². The Kier molecular flexibility index (Phi) is 7.10. The molecule has 0 amide bonds. The van der Waals surface area contributed by atoms with Gasteiger partial charge in [-0.05, 0) is 51.3 Å². The van der Waals surface area contributed by atoms with Crippen LogP contribution >= 0.6 is 0 Å². The average molecular weight is 531 g/mol. The SMILES string of the molecule is CCCc1nc(C)c2c(=O)[nH]c(-c3cc(S(=O)(=O)N4CC5CCC(C4)N5CCO)ccc3OCC)nn12. The first-order valence-electron chi connectivity index (χ1n) is 12.9. The first-order chi connectivity index (χ1) is 17.8. The summed E-state index contributed by atoms with van der Waals surface area (Å²) in [4.78, 5) is 22.7. The highest BCUT2D eigenvalue weighted by Gasteiger charge is 2.43. The second-order valence-corrected chi connectivity index (χ2v) is 11.6. The number of H-pyrrole nitrogens is 1. The number of piperazine rings is 1. The van der Waals surface area contributed by atoms with Crippen LogP contribution < -0.4 is 10.3 Å². The lowest BCUT2D eigenvalue weighted by molar-refractivity contribution is 0.0882. The van der Waals surface area contributed by atoms with Gasteiger partial charge in [-0.2, -0.15) is 4.31 Å². The van der Waals surface area contributed by atoms with Crippen molar-refractivity contribution in [3.05, 3.63) is 40.1 Å². The molecule has 2 bridgehead atoms. The third kappa shape index (κ3) is 4.56. The summed E-state index contributed by atoms with van der Waals surface area (Å²) in [6, 6.07) is 4.91. The molecule has 0 saturated carbocycles. The Hall–Kier alpha value is -2.80. The number of nitrogens with zero attached hydrogens (tertiary/aromatic N) is 5. The van der Waals surface area contributed by atoms with Gasteiger partial charge in [0.05, 0.1) is 29.4 Å². The van der Waals surface area contributed by atoms with Gasteiger partial charge in [-0.1, -0.05) is 6.92 Å². The zero-order chi connectivity index (χ0) is 26.3. The van der Waals surface area contributed by atoms with Crippen LogP contribution in [0.25, 0.3) is 16.9 Å². The van der Waals surface area contributed by atoms with E-state index in [4.69, 9.17) is 4.74 Å². The number of aromatic amines is 1. The number of hydrogen-bond acceptors (Lipinski definition) is 8. The minimum absolute atomic E-state index is 0.0634. The number of sulfonamides is 1. The molecule has 200 valence electrons. The number of nitrogens with one attached hydrogen (secondary N) is 1. The molecule has 2 saturated heterocycles. The zero-order valence-electron chi connectivity index (χ0n) is 21.5. The molecule has 0 radical (unpaired) electrons. The molecule has 4 heterocycles. The van der Waals surface area contributed by atoms with Gasteiger partial charge in [-0.25, -0.2) is 17.9 Å². The number of rotatable bonds is 9. The minimum Gasteiger partial charge on any atom is -0.493 e. The van der Waals surface area contributed by atoms with Crippen molar-refractivity contribution in [2.75, 3.05) is 32.8 Å². The number of fused-ring (bicyclic) bond motifs is 3. The van der Waals surface area contributed by atoms with Crippen LogP contribution in [0.2, 0.25) is 0 Å². The van der Waals surface area contributed by atoms with E-state index in [-0.39, 0.29) is 35.0 Å². The van der Waals surface area contributed by atoms with Crippen molar-refractivity contribution in [2.45, 2.75) is 63.4 Å². The molecule has 2 unspecified atom stereocenters. The molecule has 37 heavy (non-hydrogen) atoms. The molecule has 2 atom stereocenters. The summed E-state index contributed by atoms with van der Waals surface area (Å²) >= 11 is 0. The van der Waals surface area contributed by atoms with Gasteiger partial charge in [0.1, 0.15) is 11.6 Å². The molecule has 2 N–H and O–H groups in total. The molecule has 5 rings (SSSR count). The van der Waals surface area contributed by atoms with E-state index in [9.17, 15) is 18.3 Å². The fraction of sp³-hybridized carbons (Fsp3) is 0.560. The van der Waals surface area contributed by atoms with Gasteiger partial charge in [-0.15, -0.1) is 5.10 Å². The number of aryl methyl sites for hydroxylation is 2. The topological polar surface area (TPSA) is 133 Å². The van der Waals surface area contributed by atoms with Crippen LogP contribution in [-0.2, 0) is 16.4 Å². The van der Waals surface area contributed by atoms with Crippen molar-refractivity contribution in [3.8, 4) is 17.1 Å². The Labute approximate surface area is 216 Å². The Morgan fingerprint density at radius 2 is 1.92 bits per heavy atom. The highest BCUT2D eigenvalue weighted by molar-refractivity contribution is 7.89. The molecule has 12 heteroatoms. The third-order valence-corrected chi connectivity index (χ3v) is 9.15. The predicted octanol–water partition coefficient (Wildman–Crippen LogP) is 1.57. The summed E-state index contributed by atoms with van der Waals surface area (Å²) in [5, 5.41) is 14.1. The average Bonchev–Trinajstić information content (AvgIpc) is 3.29. The lowest BCUT2D eigenvalue weighted by Gasteiger charge is -2.40. The summed E-state index contributed by atoms with van der Waals surface area (Å²) in [7, 11) is -3.80. The van der Waals surface area contributed by atoms with Crippen LogP contribution in [0, 0.1) is 6.92 Å². The van der Waals surface area contributed by atoms with E-state index >= 15 is 0 Å². The van der Waals surface area contributed by atoms with Crippen LogP contribution in [0.4, 0.5) is 0 Å². The third-order valence-electron chi connectivity index (χ3n) is 7.32. The molecule has 0 spiro atoms. The molecule has 2 aliphatic rings.